The smallest absolute Gasteiger partial charge is 0.408 e. The van der Waals surface area contributed by atoms with Gasteiger partial charge in [-0.25, -0.2) is 4.79 Å². The van der Waals surface area contributed by atoms with Gasteiger partial charge >= 0.3 is 6.09 Å². The van der Waals surface area contributed by atoms with Crippen molar-refractivity contribution < 1.29 is 14.3 Å². The SMILES string of the molecule is CC(C)C(NC(=O)OC(C)(C)C)C(=O)N1CCN2CCc3ccccc3C2C1. The van der Waals surface area contributed by atoms with Gasteiger partial charge in [-0.15, -0.1) is 0 Å². The number of piperazine rings is 1. The average molecular weight is 388 g/mol. The number of ether oxygens (including phenoxy) is 1. The first kappa shape index (κ1) is 20.6. The summed E-state index contributed by atoms with van der Waals surface area (Å²) in [7, 11) is 0. The summed E-state index contributed by atoms with van der Waals surface area (Å²) < 4.78 is 5.36. The molecule has 1 aromatic carbocycles. The number of nitrogens with one attached hydrogen (secondary N) is 1. The molecule has 28 heavy (non-hydrogen) atoms. The van der Waals surface area contributed by atoms with Crippen LogP contribution in [-0.2, 0) is 16.0 Å². The van der Waals surface area contributed by atoms with Crippen LogP contribution < -0.4 is 5.32 Å². The van der Waals surface area contributed by atoms with Gasteiger partial charge in [-0.3, -0.25) is 9.69 Å². The zero-order chi connectivity index (χ0) is 20.5. The summed E-state index contributed by atoms with van der Waals surface area (Å²) in [6.45, 7) is 12.6. The summed E-state index contributed by atoms with van der Waals surface area (Å²) >= 11 is 0. The van der Waals surface area contributed by atoms with Crippen molar-refractivity contribution in [3.05, 3.63) is 35.4 Å². The molecule has 0 spiro atoms. The molecule has 2 aliphatic rings. The van der Waals surface area contributed by atoms with Crippen LogP contribution >= 0.6 is 0 Å². The summed E-state index contributed by atoms with van der Waals surface area (Å²) in [5.41, 5.74) is 2.12. The van der Waals surface area contributed by atoms with Gasteiger partial charge in [0.1, 0.15) is 11.6 Å². The number of rotatable bonds is 3. The summed E-state index contributed by atoms with van der Waals surface area (Å²) in [5.74, 6) is -0.0414. The van der Waals surface area contributed by atoms with E-state index >= 15 is 0 Å². The monoisotopic (exact) mass is 387 g/mol. The summed E-state index contributed by atoms with van der Waals surface area (Å²) in [5, 5.41) is 2.80. The van der Waals surface area contributed by atoms with Crippen LogP contribution in [0.4, 0.5) is 4.79 Å². The minimum Gasteiger partial charge on any atom is -0.444 e. The number of nitrogens with zero attached hydrogens (tertiary/aromatic N) is 2. The highest BCUT2D eigenvalue weighted by Crippen LogP contribution is 2.32. The maximum Gasteiger partial charge on any atom is 0.408 e. The lowest BCUT2D eigenvalue weighted by Crippen LogP contribution is -2.58. The van der Waals surface area contributed by atoms with E-state index in [2.05, 4.69) is 34.5 Å². The first-order chi connectivity index (χ1) is 13.2. The molecule has 0 aromatic heterocycles. The van der Waals surface area contributed by atoms with Gasteiger partial charge in [-0.2, -0.15) is 0 Å². The third-order valence-corrected chi connectivity index (χ3v) is 5.49. The standard InChI is InChI=1S/C22H33N3O3/c1-15(2)19(23-21(27)28-22(3,4)5)20(26)25-13-12-24-11-10-16-8-6-7-9-17(16)18(24)14-25/h6-9,15,18-19H,10-14H2,1-5H3,(H,23,27). The second kappa shape index (κ2) is 8.11. The molecule has 2 amide bonds. The fraction of sp³-hybridized carbons (Fsp3) is 0.636. The van der Waals surface area contributed by atoms with Crippen LogP contribution in [0.5, 0.6) is 0 Å². The van der Waals surface area contributed by atoms with Gasteiger partial charge in [0.05, 0.1) is 6.04 Å². The van der Waals surface area contributed by atoms with E-state index in [9.17, 15) is 9.59 Å². The molecule has 6 heteroatoms. The van der Waals surface area contributed by atoms with Gasteiger partial charge in [0.25, 0.3) is 0 Å². The lowest BCUT2D eigenvalue weighted by Gasteiger charge is -2.45. The van der Waals surface area contributed by atoms with Crippen LogP contribution in [0.3, 0.4) is 0 Å². The van der Waals surface area contributed by atoms with Crippen molar-refractivity contribution in [3.8, 4) is 0 Å². The minimum absolute atomic E-state index is 0.0170. The third kappa shape index (κ3) is 4.66. The summed E-state index contributed by atoms with van der Waals surface area (Å²) in [4.78, 5) is 29.9. The molecule has 1 saturated heterocycles. The molecule has 3 rings (SSSR count). The molecule has 0 radical (unpaired) electrons. The largest absolute Gasteiger partial charge is 0.444 e. The van der Waals surface area contributed by atoms with E-state index < -0.39 is 17.7 Å². The minimum atomic E-state index is -0.591. The number of carbonyl (C=O) groups excluding carboxylic acids is 2. The van der Waals surface area contributed by atoms with E-state index in [0.717, 1.165) is 19.5 Å². The molecule has 1 fully saturated rings. The van der Waals surface area contributed by atoms with Crippen molar-refractivity contribution >= 4 is 12.0 Å². The van der Waals surface area contributed by atoms with Gasteiger partial charge < -0.3 is 15.0 Å². The zero-order valence-electron chi connectivity index (χ0n) is 17.7. The molecular formula is C22H33N3O3. The van der Waals surface area contributed by atoms with Crippen molar-refractivity contribution in [2.45, 2.75) is 58.7 Å². The number of hydrogen-bond acceptors (Lipinski definition) is 4. The van der Waals surface area contributed by atoms with Crippen molar-refractivity contribution in [3.63, 3.8) is 0 Å². The molecule has 2 heterocycles. The first-order valence-corrected chi connectivity index (χ1v) is 10.3. The Morgan fingerprint density at radius 2 is 1.86 bits per heavy atom. The predicted octanol–water partition coefficient (Wildman–Crippen LogP) is 2.98. The van der Waals surface area contributed by atoms with Crippen LogP contribution in [0.2, 0.25) is 0 Å². The summed E-state index contributed by atoms with van der Waals surface area (Å²) in [6, 6.07) is 8.18. The van der Waals surface area contributed by atoms with Crippen molar-refractivity contribution in [2.24, 2.45) is 5.92 Å². The van der Waals surface area contributed by atoms with E-state index in [1.807, 2.05) is 39.5 Å². The quantitative estimate of drug-likeness (QED) is 0.866. The second-order valence-corrected chi connectivity index (χ2v) is 9.15. The van der Waals surface area contributed by atoms with E-state index in [-0.39, 0.29) is 17.9 Å². The molecule has 0 bridgehead atoms. The maximum atomic E-state index is 13.3. The highest BCUT2D eigenvalue weighted by molar-refractivity contribution is 5.86. The molecule has 2 atom stereocenters. The van der Waals surface area contributed by atoms with E-state index in [1.165, 1.54) is 11.1 Å². The Hall–Kier alpha value is -2.08. The average Bonchev–Trinajstić information content (AvgIpc) is 2.63. The number of amides is 2. The van der Waals surface area contributed by atoms with Gasteiger partial charge in [0.15, 0.2) is 0 Å². The van der Waals surface area contributed by atoms with Gasteiger partial charge in [-0.05, 0) is 44.2 Å². The fourth-order valence-electron chi connectivity index (χ4n) is 4.08. The lowest BCUT2D eigenvalue weighted by atomic mass is 9.90. The Morgan fingerprint density at radius 1 is 1.14 bits per heavy atom. The maximum absolute atomic E-state index is 13.3. The summed E-state index contributed by atoms with van der Waals surface area (Å²) in [6.07, 6.45) is 0.524. The normalized spacial score (nSPS) is 20.9. The Bertz CT molecular complexity index is 726. The van der Waals surface area contributed by atoms with Crippen molar-refractivity contribution in [1.82, 2.24) is 15.1 Å². The van der Waals surface area contributed by atoms with Gasteiger partial charge in [0, 0.05) is 26.2 Å². The Kier molecular flexibility index (Phi) is 5.98. The molecule has 0 saturated carbocycles. The Morgan fingerprint density at radius 3 is 2.54 bits per heavy atom. The van der Waals surface area contributed by atoms with Crippen LogP contribution in [0, 0.1) is 5.92 Å². The molecule has 2 aliphatic heterocycles. The van der Waals surface area contributed by atoms with Crippen molar-refractivity contribution in [2.75, 3.05) is 26.2 Å². The highest BCUT2D eigenvalue weighted by Gasteiger charge is 2.37. The molecule has 2 unspecified atom stereocenters. The van der Waals surface area contributed by atoms with Crippen LogP contribution in [0.1, 0.15) is 51.8 Å². The Balaban J connectivity index is 1.72. The topological polar surface area (TPSA) is 61.9 Å². The van der Waals surface area contributed by atoms with Crippen molar-refractivity contribution in [1.29, 1.82) is 0 Å². The number of fused-ring (bicyclic) bond motifs is 3. The van der Waals surface area contributed by atoms with E-state index in [4.69, 9.17) is 4.74 Å². The molecular weight excluding hydrogens is 354 g/mol. The molecule has 0 aliphatic carbocycles. The van der Waals surface area contributed by atoms with Crippen LogP contribution in [-0.4, -0.2) is 59.6 Å². The highest BCUT2D eigenvalue weighted by atomic mass is 16.6. The molecule has 1 N–H and O–H groups in total. The van der Waals surface area contributed by atoms with Gasteiger partial charge in [-0.1, -0.05) is 38.1 Å². The zero-order valence-corrected chi connectivity index (χ0v) is 17.7. The third-order valence-electron chi connectivity index (χ3n) is 5.49. The van der Waals surface area contributed by atoms with Gasteiger partial charge in [0.2, 0.25) is 5.91 Å². The Labute approximate surface area is 168 Å². The fourth-order valence-corrected chi connectivity index (χ4v) is 4.08. The van der Waals surface area contributed by atoms with E-state index in [0.29, 0.717) is 13.1 Å². The van der Waals surface area contributed by atoms with Crippen LogP contribution in [0.25, 0.3) is 0 Å². The second-order valence-electron chi connectivity index (χ2n) is 9.15. The number of hydrogen-bond donors (Lipinski definition) is 1. The molecule has 1 aromatic rings. The lowest BCUT2D eigenvalue weighted by molar-refractivity contribution is -0.138. The molecule has 154 valence electrons. The van der Waals surface area contributed by atoms with Crippen LogP contribution in [0.15, 0.2) is 24.3 Å². The number of alkyl carbamates (subject to hydrolysis) is 1. The number of benzene rings is 1. The predicted molar refractivity (Wildman–Crippen MR) is 109 cm³/mol. The van der Waals surface area contributed by atoms with E-state index in [1.54, 1.807) is 0 Å². The first-order valence-electron chi connectivity index (χ1n) is 10.3. The number of carbonyl (C=O) groups is 2. The molecule has 6 nitrogen and oxygen atoms in total.